The van der Waals surface area contributed by atoms with Gasteiger partial charge in [0.1, 0.15) is 5.75 Å². The van der Waals surface area contributed by atoms with Gasteiger partial charge in [-0.1, -0.05) is 6.07 Å². The van der Waals surface area contributed by atoms with Gasteiger partial charge in [-0.15, -0.1) is 0 Å². The summed E-state index contributed by atoms with van der Waals surface area (Å²) in [4.78, 5) is 14.5. The van der Waals surface area contributed by atoms with Crippen molar-refractivity contribution in [3.63, 3.8) is 0 Å². The third-order valence-electron chi connectivity index (χ3n) is 4.17. The molecule has 2 heterocycles. The third-order valence-corrected chi connectivity index (χ3v) is 4.17. The standard InChI is InChI=1S/C16H21NO4/c1-12-4-5-13(10-14(12)19-2)15(18)17-7-3-6-16(11-17)20-8-9-21-16/h4-5,10H,3,6-9,11H2,1-2H3. The predicted octanol–water partition coefficient (Wildman–Crippen LogP) is 1.98. The third kappa shape index (κ3) is 2.76. The second kappa shape index (κ2) is 5.66. The minimum absolute atomic E-state index is 0.00600. The molecule has 2 aliphatic rings. The van der Waals surface area contributed by atoms with E-state index in [1.807, 2.05) is 24.0 Å². The lowest BCUT2D eigenvalue weighted by Crippen LogP contribution is -2.51. The van der Waals surface area contributed by atoms with Gasteiger partial charge in [0.25, 0.3) is 5.91 Å². The monoisotopic (exact) mass is 291 g/mol. The fourth-order valence-electron chi connectivity index (χ4n) is 3.03. The first-order chi connectivity index (χ1) is 10.1. The lowest BCUT2D eigenvalue weighted by Gasteiger charge is -2.38. The van der Waals surface area contributed by atoms with Crippen molar-refractivity contribution < 1.29 is 19.0 Å². The zero-order chi connectivity index (χ0) is 14.9. The fourth-order valence-corrected chi connectivity index (χ4v) is 3.03. The molecule has 1 aromatic carbocycles. The molecule has 2 saturated heterocycles. The van der Waals surface area contributed by atoms with Crippen LogP contribution in [0.25, 0.3) is 0 Å². The van der Waals surface area contributed by atoms with Gasteiger partial charge < -0.3 is 19.1 Å². The van der Waals surface area contributed by atoms with Crippen molar-refractivity contribution >= 4 is 5.91 Å². The molecule has 0 N–H and O–H groups in total. The van der Waals surface area contributed by atoms with Crippen LogP contribution in [0.2, 0.25) is 0 Å². The summed E-state index contributed by atoms with van der Waals surface area (Å²) < 4.78 is 16.7. The van der Waals surface area contributed by atoms with Gasteiger partial charge in [0, 0.05) is 18.5 Å². The van der Waals surface area contributed by atoms with Gasteiger partial charge in [-0.05, 0) is 31.0 Å². The molecule has 0 bridgehead atoms. The predicted molar refractivity (Wildman–Crippen MR) is 77.5 cm³/mol. The van der Waals surface area contributed by atoms with Crippen LogP contribution in [-0.2, 0) is 9.47 Å². The second-order valence-corrected chi connectivity index (χ2v) is 5.62. The van der Waals surface area contributed by atoms with Gasteiger partial charge in [-0.2, -0.15) is 0 Å². The first-order valence-electron chi connectivity index (χ1n) is 7.35. The van der Waals surface area contributed by atoms with Crippen LogP contribution in [0.4, 0.5) is 0 Å². The van der Waals surface area contributed by atoms with E-state index in [2.05, 4.69) is 0 Å². The van der Waals surface area contributed by atoms with Crippen molar-refractivity contribution in [1.29, 1.82) is 0 Å². The highest BCUT2D eigenvalue weighted by atomic mass is 16.7. The zero-order valence-electron chi connectivity index (χ0n) is 12.6. The number of carbonyl (C=O) groups excluding carboxylic acids is 1. The Balaban J connectivity index is 1.78. The van der Waals surface area contributed by atoms with E-state index in [4.69, 9.17) is 14.2 Å². The Morgan fingerprint density at radius 3 is 2.81 bits per heavy atom. The molecule has 0 aromatic heterocycles. The molecule has 5 nitrogen and oxygen atoms in total. The number of hydrogen-bond donors (Lipinski definition) is 0. The Morgan fingerprint density at radius 2 is 2.10 bits per heavy atom. The van der Waals surface area contributed by atoms with E-state index in [0.717, 1.165) is 30.7 Å². The molecule has 0 saturated carbocycles. The van der Waals surface area contributed by atoms with Gasteiger partial charge in [0.2, 0.25) is 0 Å². The molecule has 0 aliphatic carbocycles. The lowest BCUT2D eigenvalue weighted by atomic mass is 10.0. The largest absolute Gasteiger partial charge is 0.496 e. The average Bonchev–Trinajstić information content (AvgIpc) is 2.95. The van der Waals surface area contributed by atoms with Crippen LogP contribution in [0.5, 0.6) is 5.75 Å². The molecule has 0 unspecified atom stereocenters. The molecule has 114 valence electrons. The van der Waals surface area contributed by atoms with Crippen LogP contribution < -0.4 is 4.74 Å². The minimum atomic E-state index is -0.581. The van der Waals surface area contributed by atoms with Gasteiger partial charge in [0.05, 0.1) is 26.9 Å². The summed E-state index contributed by atoms with van der Waals surface area (Å²) in [7, 11) is 1.62. The quantitative estimate of drug-likeness (QED) is 0.836. The molecule has 5 heteroatoms. The number of methoxy groups -OCH3 is 1. The summed E-state index contributed by atoms with van der Waals surface area (Å²) in [6, 6.07) is 5.56. The van der Waals surface area contributed by atoms with Crippen LogP contribution >= 0.6 is 0 Å². The molecule has 3 rings (SSSR count). The number of piperidine rings is 1. The fraction of sp³-hybridized carbons (Fsp3) is 0.562. The number of carbonyl (C=O) groups is 1. The van der Waals surface area contributed by atoms with Gasteiger partial charge >= 0.3 is 0 Å². The number of benzene rings is 1. The number of aryl methyl sites for hydroxylation is 1. The zero-order valence-corrected chi connectivity index (χ0v) is 12.6. The number of likely N-dealkylation sites (tertiary alicyclic amines) is 1. The molecular weight excluding hydrogens is 270 g/mol. The normalized spacial score (nSPS) is 20.8. The highest BCUT2D eigenvalue weighted by Gasteiger charge is 2.42. The van der Waals surface area contributed by atoms with Crippen molar-refractivity contribution in [1.82, 2.24) is 4.90 Å². The number of hydrogen-bond acceptors (Lipinski definition) is 4. The number of ether oxygens (including phenoxy) is 3. The minimum Gasteiger partial charge on any atom is -0.496 e. The Labute approximate surface area is 124 Å². The lowest BCUT2D eigenvalue weighted by molar-refractivity contribution is -0.183. The molecule has 21 heavy (non-hydrogen) atoms. The first-order valence-corrected chi connectivity index (χ1v) is 7.35. The van der Waals surface area contributed by atoms with Gasteiger partial charge in [-0.3, -0.25) is 4.79 Å². The topological polar surface area (TPSA) is 48.0 Å². The summed E-state index contributed by atoms with van der Waals surface area (Å²) in [5, 5.41) is 0. The summed E-state index contributed by atoms with van der Waals surface area (Å²) in [6.07, 6.45) is 1.75. The first kappa shape index (κ1) is 14.4. The van der Waals surface area contributed by atoms with E-state index in [-0.39, 0.29) is 5.91 Å². The number of amides is 1. The maximum Gasteiger partial charge on any atom is 0.254 e. The Hall–Kier alpha value is -1.59. The van der Waals surface area contributed by atoms with E-state index in [1.165, 1.54) is 0 Å². The smallest absolute Gasteiger partial charge is 0.254 e. The summed E-state index contributed by atoms with van der Waals surface area (Å²) in [5.74, 6) is 0.162. The Bertz CT molecular complexity index is 537. The van der Waals surface area contributed by atoms with Crippen LogP contribution in [-0.4, -0.2) is 50.0 Å². The SMILES string of the molecule is COc1cc(C(=O)N2CCCC3(C2)OCCO3)ccc1C. The molecule has 0 radical (unpaired) electrons. The van der Waals surface area contributed by atoms with Crippen molar-refractivity contribution in [3.05, 3.63) is 29.3 Å². The van der Waals surface area contributed by atoms with Crippen molar-refractivity contribution in [2.24, 2.45) is 0 Å². The van der Waals surface area contributed by atoms with E-state index in [9.17, 15) is 4.79 Å². The van der Waals surface area contributed by atoms with Crippen molar-refractivity contribution in [2.45, 2.75) is 25.6 Å². The second-order valence-electron chi connectivity index (χ2n) is 5.62. The maximum absolute atomic E-state index is 12.7. The molecule has 2 fully saturated rings. The molecule has 0 atom stereocenters. The van der Waals surface area contributed by atoms with E-state index < -0.39 is 5.79 Å². The number of rotatable bonds is 2. The molecule has 2 aliphatic heterocycles. The van der Waals surface area contributed by atoms with Gasteiger partial charge in [-0.25, -0.2) is 0 Å². The number of nitrogens with zero attached hydrogens (tertiary/aromatic N) is 1. The molecular formula is C16H21NO4. The molecule has 1 spiro atoms. The highest BCUT2D eigenvalue weighted by molar-refractivity contribution is 5.94. The molecule has 1 amide bonds. The Morgan fingerprint density at radius 1 is 1.33 bits per heavy atom. The maximum atomic E-state index is 12.7. The summed E-state index contributed by atoms with van der Waals surface area (Å²) >= 11 is 0. The van der Waals surface area contributed by atoms with Crippen molar-refractivity contribution in [3.8, 4) is 5.75 Å². The highest BCUT2D eigenvalue weighted by Crippen LogP contribution is 2.31. The van der Waals surface area contributed by atoms with Crippen LogP contribution in [0.3, 0.4) is 0 Å². The van der Waals surface area contributed by atoms with Gasteiger partial charge in [0.15, 0.2) is 5.79 Å². The summed E-state index contributed by atoms with van der Waals surface area (Å²) in [5.41, 5.74) is 1.67. The Kier molecular flexibility index (Phi) is 3.87. The van der Waals surface area contributed by atoms with Crippen molar-refractivity contribution in [2.75, 3.05) is 33.4 Å². The molecule has 1 aromatic rings. The van der Waals surface area contributed by atoms with Crippen LogP contribution in [0, 0.1) is 6.92 Å². The van der Waals surface area contributed by atoms with E-state index >= 15 is 0 Å². The van der Waals surface area contributed by atoms with Crippen LogP contribution in [0.1, 0.15) is 28.8 Å². The van der Waals surface area contributed by atoms with Crippen LogP contribution in [0.15, 0.2) is 18.2 Å². The summed E-state index contributed by atoms with van der Waals surface area (Å²) in [6.45, 7) is 4.43. The van der Waals surface area contributed by atoms with E-state index in [1.54, 1.807) is 13.2 Å². The average molecular weight is 291 g/mol. The van der Waals surface area contributed by atoms with E-state index in [0.29, 0.717) is 25.3 Å².